The van der Waals surface area contributed by atoms with Gasteiger partial charge in [0.15, 0.2) is 17.3 Å². The molecule has 0 amide bonds. The number of hydrogen-bond donors (Lipinski definition) is 1. The number of benzene rings is 3. The molecule has 1 aliphatic carbocycles. The standard InChI is InChI=1S/C27H22N2O3S/c30-22-14-19(18-6-2-1-3-7-18)13-21(26(22)27-29-20-8-4-5-9-25(20)33-27)28-15-17-10-11-23-24(12-17)32-16-31-23/h1-12,19,28H,13-16H2. The predicted octanol–water partition coefficient (Wildman–Crippen LogP) is 5.67. The number of carbonyl (C=O) groups excluding carboxylic acids is 1. The van der Waals surface area contributed by atoms with Gasteiger partial charge in [0.05, 0.1) is 15.8 Å². The SMILES string of the molecule is O=C1CC(c2ccccc2)CC(NCc2ccc3c(c2)OCO3)=C1c1nc2ccccc2s1. The van der Waals surface area contributed by atoms with Crippen LogP contribution in [0, 0.1) is 0 Å². The van der Waals surface area contributed by atoms with E-state index >= 15 is 0 Å². The highest BCUT2D eigenvalue weighted by atomic mass is 32.1. The van der Waals surface area contributed by atoms with Crippen molar-refractivity contribution in [1.29, 1.82) is 0 Å². The van der Waals surface area contributed by atoms with Crippen LogP contribution in [-0.2, 0) is 11.3 Å². The van der Waals surface area contributed by atoms with E-state index in [0.717, 1.165) is 50.0 Å². The summed E-state index contributed by atoms with van der Waals surface area (Å²) in [6.07, 6.45) is 1.26. The van der Waals surface area contributed by atoms with Gasteiger partial charge in [-0.15, -0.1) is 11.3 Å². The number of carbonyl (C=O) groups is 1. The topological polar surface area (TPSA) is 60.5 Å². The molecule has 6 heteroatoms. The van der Waals surface area contributed by atoms with Crippen LogP contribution in [0.5, 0.6) is 11.5 Å². The van der Waals surface area contributed by atoms with Crippen LogP contribution in [0.2, 0.25) is 0 Å². The second-order valence-corrected chi connectivity index (χ2v) is 9.35. The molecule has 6 rings (SSSR count). The smallest absolute Gasteiger partial charge is 0.231 e. The summed E-state index contributed by atoms with van der Waals surface area (Å²) in [4.78, 5) is 18.3. The molecule has 164 valence electrons. The van der Waals surface area contributed by atoms with E-state index < -0.39 is 0 Å². The summed E-state index contributed by atoms with van der Waals surface area (Å²) < 4.78 is 12.0. The number of aromatic nitrogens is 1. The first-order valence-electron chi connectivity index (χ1n) is 11.0. The Morgan fingerprint density at radius 1 is 0.939 bits per heavy atom. The van der Waals surface area contributed by atoms with Gasteiger partial charge in [-0.25, -0.2) is 4.98 Å². The van der Waals surface area contributed by atoms with Crippen LogP contribution in [0.15, 0.2) is 78.5 Å². The number of Topliss-reactive ketones (excluding diaryl/α,β-unsaturated/α-hetero) is 1. The van der Waals surface area contributed by atoms with Gasteiger partial charge in [-0.1, -0.05) is 48.5 Å². The first-order valence-corrected chi connectivity index (χ1v) is 11.9. The summed E-state index contributed by atoms with van der Waals surface area (Å²) in [6, 6.07) is 24.3. The molecule has 1 N–H and O–H groups in total. The van der Waals surface area contributed by atoms with Gasteiger partial charge in [-0.2, -0.15) is 0 Å². The highest BCUT2D eigenvalue weighted by Crippen LogP contribution is 2.40. The van der Waals surface area contributed by atoms with Gasteiger partial charge in [0.2, 0.25) is 6.79 Å². The molecule has 1 unspecified atom stereocenters. The highest BCUT2D eigenvalue weighted by Gasteiger charge is 2.31. The monoisotopic (exact) mass is 454 g/mol. The fraction of sp³-hybridized carbons (Fsp3) is 0.185. The number of para-hydroxylation sites is 1. The quantitative estimate of drug-likeness (QED) is 0.421. The molecule has 0 bridgehead atoms. The maximum absolute atomic E-state index is 13.5. The summed E-state index contributed by atoms with van der Waals surface area (Å²) in [5.74, 6) is 1.82. The first kappa shape index (κ1) is 20.0. The lowest BCUT2D eigenvalue weighted by Crippen LogP contribution is -2.25. The molecule has 3 aromatic carbocycles. The largest absolute Gasteiger partial charge is 0.454 e. The molecule has 0 saturated heterocycles. The van der Waals surface area contributed by atoms with E-state index in [2.05, 4.69) is 23.5 Å². The van der Waals surface area contributed by atoms with Gasteiger partial charge in [0.1, 0.15) is 5.01 Å². The summed E-state index contributed by atoms with van der Waals surface area (Å²) >= 11 is 1.58. The number of thiazole rings is 1. The van der Waals surface area contributed by atoms with Crippen molar-refractivity contribution in [2.75, 3.05) is 6.79 Å². The zero-order valence-electron chi connectivity index (χ0n) is 17.9. The van der Waals surface area contributed by atoms with Crippen molar-refractivity contribution < 1.29 is 14.3 Å². The molecule has 0 fully saturated rings. The van der Waals surface area contributed by atoms with Crippen LogP contribution < -0.4 is 14.8 Å². The third-order valence-corrected chi connectivity index (χ3v) is 7.24. The highest BCUT2D eigenvalue weighted by molar-refractivity contribution is 7.19. The van der Waals surface area contributed by atoms with Crippen LogP contribution >= 0.6 is 11.3 Å². The van der Waals surface area contributed by atoms with Crippen molar-refractivity contribution in [1.82, 2.24) is 10.3 Å². The minimum atomic E-state index is 0.141. The number of allylic oxidation sites excluding steroid dienone is 2. The lowest BCUT2D eigenvalue weighted by atomic mass is 9.82. The lowest BCUT2D eigenvalue weighted by Gasteiger charge is -2.27. The molecule has 1 aliphatic heterocycles. The number of ether oxygens (including phenoxy) is 2. The molecule has 1 aromatic heterocycles. The minimum absolute atomic E-state index is 0.141. The van der Waals surface area contributed by atoms with Crippen molar-refractivity contribution in [3.8, 4) is 11.5 Å². The molecule has 2 heterocycles. The number of fused-ring (bicyclic) bond motifs is 2. The zero-order chi connectivity index (χ0) is 22.2. The van der Waals surface area contributed by atoms with Gasteiger partial charge >= 0.3 is 0 Å². The van der Waals surface area contributed by atoms with Crippen molar-refractivity contribution >= 4 is 32.9 Å². The van der Waals surface area contributed by atoms with E-state index in [-0.39, 0.29) is 18.5 Å². The second kappa shape index (κ2) is 8.37. The fourth-order valence-corrected chi connectivity index (χ4v) is 5.58. The van der Waals surface area contributed by atoms with Gasteiger partial charge in [-0.05, 0) is 47.7 Å². The van der Waals surface area contributed by atoms with E-state index in [9.17, 15) is 4.79 Å². The van der Waals surface area contributed by atoms with Crippen LogP contribution in [0.4, 0.5) is 0 Å². The van der Waals surface area contributed by atoms with Crippen molar-refractivity contribution in [3.63, 3.8) is 0 Å². The summed E-state index contributed by atoms with van der Waals surface area (Å²) in [6.45, 7) is 0.849. The van der Waals surface area contributed by atoms with Gasteiger partial charge in [0, 0.05) is 18.7 Å². The number of hydrogen-bond acceptors (Lipinski definition) is 6. The van der Waals surface area contributed by atoms with Gasteiger partial charge in [0.25, 0.3) is 0 Å². The molecule has 0 spiro atoms. The molecule has 2 aliphatic rings. The van der Waals surface area contributed by atoms with E-state index in [1.54, 1.807) is 11.3 Å². The second-order valence-electron chi connectivity index (χ2n) is 8.32. The molecular formula is C27H22N2O3S. The number of nitrogens with one attached hydrogen (secondary N) is 1. The fourth-order valence-electron chi connectivity index (χ4n) is 4.52. The summed E-state index contributed by atoms with van der Waals surface area (Å²) in [7, 11) is 0. The maximum Gasteiger partial charge on any atom is 0.231 e. The summed E-state index contributed by atoms with van der Waals surface area (Å²) in [5, 5.41) is 4.37. The predicted molar refractivity (Wildman–Crippen MR) is 129 cm³/mol. The average Bonchev–Trinajstić information content (AvgIpc) is 3.49. The Balaban J connectivity index is 1.36. The van der Waals surface area contributed by atoms with Crippen LogP contribution in [-0.4, -0.2) is 17.6 Å². The third-order valence-electron chi connectivity index (χ3n) is 6.18. The molecule has 33 heavy (non-hydrogen) atoms. The van der Waals surface area contributed by atoms with Gasteiger partial charge < -0.3 is 14.8 Å². The van der Waals surface area contributed by atoms with E-state index in [4.69, 9.17) is 14.5 Å². The molecule has 0 radical (unpaired) electrons. The molecule has 1 atom stereocenters. The first-order chi connectivity index (χ1) is 16.2. The number of rotatable bonds is 5. The van der Waals surface area contributed by atoms with Crippen LogP contribution in [0.1, 0.15) is 34.9 Å². The number of ketones is 1. The Morgan fingerprint density at radius 3 is 2.64 bits per heavy atom. The van der Waals surface area contributed by atoms with E-state index in [1.165, 1.54) is 5.56 Å². The minimum Gasteiger partial charge on any atom is -0.454 e. The number of nitrogens with zero attached hydrogens (tertiary/aromatic N) is 1. The Bertz CT molecular complexity index is 1340. The van der Waals surface area contributed by atoms with Crippen molar-refractivity contribution in [2.24, 2.45) is 0 Å². The molecule has 5 nitrogen and oxygen atoms in total. The molecular weight excluding hydrogens is 432 g/mol. The Kier molecular flexibility index (Phi) is 5.07. The van der Waals surface area contributed by atoms with E-state index in [1.807, 2.05) is 54.6 Å². The summed E-state index contributed by atoms with van der Waals surface area (Å²) in [5.41, 5.74) is 4.88. The van der Waals surface area contributed by atoms with Crippen molar-refractivity contribution in [3.05, 3.63) is 94.6 Å². The zero-order valence-corrected chi connectivity index (χ0v) is 18.7. The molecule has 0 saturated carbocycles. The Hall–Kier alpha value is -3.64. The van der Waals surface area contributed by atoms with E-state index in [0.29, 0.717) is 13.0 Å². The van der Waals surface area contributed by atoms with Crippen LogP contribution in [0.3, 0.4) is 0 Å². The van der Waals surface area contributed by atoms with Crippen molar-refractivity contribution in [2.45, 2.75) is 25.3 Å². The van der Waals surface area contributed by atoms with Crippen LogP contribution in [0.25, 0.3) is 15.8 Å². The van der Waals surface area contributed by atoms with Gasteiger partial charge in [-0.3, -0.25) is 4.79 Å². The molecule has 4 aromatic rings. The average molecular weight is 455 g/mol. The third kappa shape index (κ3) is 3.87. The normalized spacial score (nSPS) is 17.6. The Labute approximate surface area is 195 Å². The maximum atomic E-state index is 13.5. The lowest BCUT2D eigenvalue weighted by molar-refractivity contribution is -0.114. The Morgan fingerprint density at radius 2 is 1.76 bits per heavy atom.